The van der Waals surface area contributed by atoms with Crippen LogP contribution in [-0.4, -0.2) is 48.2 Å². The first kappa shape index (κ1) is 25.2. The van der Waals surface area contributed by atoms with Crippen LogP contribution in [0.15, 0.2) is 40.1 Å². The summed E-state index contributed by atoms with van der Waals surface area (Å²) in [5.74, 6) is -0.506. The lowest BCUT2D eigenvalue weighted by atomic mass is 10.3. The Morgan fingerprint density at radius 3 is 2.73 bits per heavy atom. The standard InChI is InChI=1S/C19H23ClN3O9P/c1-11-8-23(19(26)21-17(11)24)15-9-29-16(31-15)10-30-33(27,22-12(2)18(25)28-3)32-14-6-4-13(20)5-7-14/h4-8,12,15-16H,9-10H2,1-3H3,(H,22,27)(H,21,24,26)/t12-,15-,16-,33?/m1/s1. The number of ether oxygens (including phenoxy) is 3. The molecule has 1 aromatic heterocycles. The van der Waals surface area contributed by atoms with E-state index in [4.69, 9.17) is 30.1 Å². The first-order chi connectivity index (χ1) is 15.6. The minimum absolute atomic E-state index is 0.0201. The van der Waals surface area contributed by atoms with Crippen LogP contribution in [0.25, 0.3) is 0 Å². The third-order valence-electron chi connectivity index (χ3n) is 4.52. The number of nitrogens with zero attached hydrogens (tertiary/aromatic N) is 1. The van der Waals surface area contributed by atoms with Gasteiger partial charge in [-0.25, -0.2) is 9.36 Å². The molecule has 1 aliphatic heterocycles. The number of carbonyl (C=O) groups is 1. The quantitative estimate of drug-likeness (QED) is 0.383. The highest BCUT2D eigenvalue weighted by Gasteiger charge is 2.36. The first-order valence-corrected chi connectivity index (χ1v) is 11.7. The van der Waals surface area contributed by atoms with Gasteiger partial charge in [0, 0.05) is 16.8 Å². The normalized spacial score (nSPS) is 20.7. The zero-order valence-corrected chi connectivity index (χ0v) is 19.6. The number of nitrogens with one attached hydrogen (secondary N) is 2. The molecule has 1 aliphatic rings. The number of aromatic nitrogens is 2. The van der Waals surface area contributed by atoms with Crippen LogP contribution in [-0.2, 0) is 28.1 Å². The molecule has 2 N–H and O–H groups in total. The van der Waals surface area contributed by atoms with Gasteiger partial charge in [-0.1, -0.05) is 11.6 Å². The monoisotopic (exact) mass is 503 g/mol. The van der Waals surface area contributed by atoms with Crippen molar-refractivity contribution in [1.29, 1.82) is 0 Å². The van der Waals surface area contributed by atoms with Gasteiger partial charge in [-0.2, -0.15) is 5.09 Å². The molecule has 1 aromatic carbocycles. The number of carbonyl (C=O) groups excluding carboxylic acids is 1. The number of H-pyrrole nitrogens is 1. The van der Waals surface area contributed by atoms with Crippen molar-refractivity contribution in [3.8, 4) is 5.75 Å². The molecule has 0 amide bonds. The van der Waals surface area contributed by atoms with Gasteiger partial charge in [-0.15, -0.1) is 0 Å². The maximum Gasteiger partial charge on any atom is 0.459 e. The molecule has 2 heterocycles. The van der Waals surface area contributed by atoms with E-state index in [1.807, 2.05) is 0 Å². The fourth-order valence-corrected chi connectivity index (χ4v) is 4.43. The predicted molar refractivity (Wildman–Crippen MR) is 116 cm³/mol. The van der Waals surface area contributed by atoms with Crippen molar-refractivity contribution in [2.24, 2.45) is 0 Å². The summed E-state index contributed by atoms with van der Waals surface area (Å²) >= 11 is 5.86. The Balaban J connectivity index is 1.70. The lowest BCUT2D eigenvalue weighted by Crippen LogP contribution is -2.35. The summed E-state index contributed by atoms with van der Waals surface area (Å²) in [5.41, 5.74) is -0.841. The molecule has 0 radical (unpaired) electrons. The summed E-state index contributed by atoms with van der Waals surface area (Å²) in [6.07, 6.45) is -0.487. The second-order valence-corrected chi connectivity index (χ2v) is 9.18. The molecule has 14 heteroatoms. The van der Waals surface area contributed by atoms with Crippen LogP contribution in [0.5, 0.6) is 5.75 Å². The topological polar surface area (TPSA) is 147 Å². The van der Waals surface area contributed by atoms with Gasteiger partial charge in [0.25, 0.3) is 5.56 Å². The molecule has 180 valence electrons. The lowest BCUT2D eigenvalue weighted by molar-refractivity contribution is -0.142. The van der Waals surface area contributed by atoms with Gasteiger partial charge in [-0.05, 0) is 38.1 Å². The largest absolute Gasteiger partial charge is 0.468 e. The average Bonchev–Trinajstić information content (AvgIpc) is 3.25. The van der Waals surface area contributed by atoms with Gasteiger partial charge in [0.1, 0.15) is 18.4 Å². The number of hydrogen-bond acceptors (Lipinski definition) is 9. The molecule has 1 fully saturated rings. The van der Waals surface area contributed by atoms with E-state index < -0.39 is 43.5 Å². The highest BCUT2D eigenvalue weighted by atomic mass is 35.5. The summed E-state index contributed by atoms with van der Waals surface area (Å²) in [6.45, 7) is 2.59. The molecule has 12 nitrogen and oxygen atoms in total. The van der Waals surface area contributed by atoms with E-state index in [0.29, 0.717) is 10.6 Å². The van der Waals surface area contributed by atoms with Crippen molar-refractivity contribution in [3.63, 3.8) is 0 Å². The van der Waals surface area contributed by atoms with Gasteiger partial charge < -0.3 is 18.7 Å². The fraction of sp³-hybridized carbons (Fsp3) is 0.421. The molecule has 3 rings (SSSR count). The van der Waals surface area contributed by atoms with Crippen molar-refractivity contribution in [2.75, 3.05) is 20.3 Å². The summed E-state index contributed by atoms with van der Waals surface area (Å²) < 4.78 is 41.2. The van der Waals surface area contributed by atoms with Crippen molar-refractivity contribution in [2.45, 2.75) is 32.4 Å². The average molecular weight is 504 g/mol. The van der Waals surface area contributed by atoms with E-state index in [1.165, 1.54) is 49.1 Å². The highest BCUT2D eigenvalue weighted by Crippen LogP contribution is 2.45. The van der Waals surface area contributed by atoms with Crippen LogP contribution < -0.4 is 20.9 Å². The Hall–Kier alpha value is -2.47. The molecule has 33 heavy (non-hydrogen) atoms. The highest BCUT2D eigenvalue weighted by molar-refractivity contribution is 7.52. The molecule has 1 saturated heterocycles. The molecular formula is C19H23ClN3O9P. The van der Waals surface area contributed by atoms with E-state index in [1.54, 1.807) is 6.92 Å². The third-order valence-corrected chi connectivity index (χ3v) is 6.41. The SMILES string of the molecule is COC(=O)[C@@H](C)NP(=O)(OC[C@@H]1OC[C@H](n2cc(C)c(=O)[nH]c2=O)O1)Oc1ccc(Cl)cc1. The molecule has 1 unspecified atom stereocenters. The Labute approximate surface area is 193 Å². The number of halogens is 1. The summed E-state index contributed by atoms with van der Waals surface area (Å²) in [7, 11) is -2.93. The number of aryl methyl sites for hydroxylation is 1. The van der Waals surface area contributed by atoms with E-state index in [-0.39, 0.29) is 19.0 Å². The van der Waals surface area contributed by atoms with Crippen molar-refractivity contribution in [1.82, 2.24) is 14.6 Å². The van der Waals surface area contributed by atoms with Crippen LogP contribution in [0.3, 0.4) is 0 Å². The first-order valence-electron chi connectivity index (χ1n) is 9.74. The number of methoxy groups -OCH3 is 1. The molecule has 2 aromatic rings. The fourth-order valence-electron chi connectivity index (χ4n) is 2.83. The molecule has 0 bridgehead atoms. The van der Waals surface area contributed by atoms with Crippen LogP contribution in [0, 0.1) is 6.92 Å². The number of benzene rings is 1. The number of esters is 1. The summed E-state index contributed by atoms with van der Waals surface area (Å²) in [4.78, 5) is 37.6. The van der Waals surface area contributed by atoms with Gasteiger partial charge in [0.15, 0.2) is 12.5 Å². The van der Waals surface area contributed by atoms with E-state index in [0.717, 1.165) is 0 Å². The Bertz CT molecular complexity index is 1150. The minimum Gasteiger partial charge on any atom is -0.468 e. The zero-order valence-electron chi connectivity index (χ0n) is 18.0. The smallest absolute Gasteiger partial charge is 0.459 e. The number of hydrogen-bond donors (Lipinski definition) is 2. The van der Waals surface area contributed by atoms with Crippen molar-refractivity contribution in [3.05, 3.63) is 61.9 Å². The summed E-state index contributed by atoms with van der Waals surface area (Å²) in [5, 5.41) is 2.94. The van der Waals surface area contributed by atoms with Gasteiger partial charge in [0.2, 0.25) is 0 Å². The van der Waals surface area contributed by atoms with E-state index in [9.17, 15) is 18.9 Å². The van der Waals surface area contributed by atoms with Crippen LogP contribution >= 0.6 is 19.3 Å². The number of rotatable bonds is 9. The predicted octanol–water partition coefficient (Wildman–Crippen LogP) is 1.72. The Morgan fingerprint density at radius 1 is 1.36 bits per heavy atom. The molecule has 0 spiro atoms. The van der Waals surface area contributed by atoms with Crippen LogP contribution in [0.1, 0.15) is 18.7 Å². The second kappa shape index (κ2) is 10.6. The van der Waals surface area contributed by atoms with Gasteiger partial charge >= 0.3 is 19.4 Å². The summed E-state index contributed by atoms with van der Waals surface area (Å²) in [6, 6.07) is 5.00. The molecule has 0 saturated carbocycles. The second-order valence-electron chi connectivity index (χ2n) is 7.04. The third kappa shape index (κ3) is 6.53. The zero-order chi connectivity index (χ0) is 24.2. The Morgan fingerprint density at radius 2 is 2.06 bits per heavy atom. The van der Waals surface area contributed by atoms with Gasteiger partial charge in [0.05, 0.1) is 13.7 Å². The molecular weight excluding hydrogens is 481 g/mol. The maximum atomic E-state index is 13.3. The van der Waals surface area contributed by atoms with Crippen LogP contribution in [0.4, 0.5) is 0 Å². The molecule has 0 aliphatic carbocycles. The van der Waals surface area contributed by atoms with Crippen LogP contribution in [0.2, 0.25) is 5.02 Å². The Kier molecular flexibility index (Phi) is 8.11. The number of aromatic amines is 1. The van der Waals surface area contributed by atoms with Crippen molar-refractivity contribution < 1.29 is 32.6 Å². The maximum absolute atomic E-state index is 13.3. The van der Waals surface area contributed by atoms with E-state index >= 15 is 0 Å². The lowest BCUT2D eigenvalue weighted by Gasteiger charge is -2.23. The van der Waals surface area contributed by atoms with Crippen molar-refractivity contribution >= 4 is 25.3 Å². The van der Waals surface area contributed by atoms with Gasteiger partial charge in [-0.3, -0.25) is 23.7 Å². The minimum atomic E-state index is -4.12. The molecule has 4 atom stereocenters. The van der Waals surface area contributed by atoms with E-state index in [2.05, 4.69) is 14.8 Å².